The molecule has 1 aliphatic carbocycles. The van der Waals surface area contributed by atoms with Crippen LogP contribution in [0.3, 0.4) is 0 Å². The highest BCUT2D eigenvalue weighted by atomic mass is 35.5. The number of thiophene rings is 1. The van der Waals surface area contributed by atoms with Crippen LogP contribution in [-0.4, -0.2) is 31.4 Å². The van der Waals surface area contributed by atoms with Crippen LogP contribution in [0.15, 0.2) is 41.4 Å². The van der Waals surface area contributed by atoms with Gasteiger partial charge in [-0.05, 0) is 72.6 Å². The summed E-state index contributed by atoms with van der Waals surface area (Å²) in [5, 5.41) is 14.5. The minimum Gasteiger partial charge on any atom is -0.502 e. The maximum absolute atomic E-state index is 13.5. The number of phenols is 1. The molecule has 4 rings (SSSR count). The van der Waals surface area contributed by atoms with Crippen molar-refractivity contribution in [3.8, 4) is 17.2 Å². The zero-order chi connectivity index (χ0) is 26.0. The Morgan fingerprint density at radius 3 is 2.39 bits per heavy atom. The van der Waals surface area contributed by atoms with Gasteiger partial charge in [0, 0.05) is 27.4 Å². The number of aromatic hydroxyl groups is 1. The van der Waals surface area contributed by atoms with Gasteiger partial charge in [0.15, 0.2) is 11.5 Å². The second kappa shape index (κ2) is 10.5. The first-order valence-corrected chi connectivity index (χ1v) is 13.0. The molecule has 190 valence electrons. The third-order valence-corrected chi connectivity index (χ3v) is 8.05. The number of carbonyl (C=O) groups is 1. The lowest BCUT2D eigenvalue weighted by molar-refractivity contribution is 0.102. The van der Waals surface area contributed by atoms with Gasteiger partial charge in [-0.2, -0.15) is 0 Å². The van der Waals surface area contributed by atoms with Crippen molar-refractivity contribution in [3.63, 3.8) is 0 Å². The molecule has 0 saturated carbocycles. The van der Waals surface area contributed by atoms with Crippen LogP contribution in [0.4, 0.5) is 10.7 Å². The van der Waals surface area contributed by atoms with Gasteiger partial charge in [-0.1, -0.05) is 32.4 Å². The number of nitrogens with zero attached hydrogens (tertiary/aromatic N) is 1. The van der Waals surface area contributed by atoms with E-state index in [1.54, 1.807) is 53.9 Å². The average Bonchev–Trinajstić information content (AvgIpc) is 3.22. The van der Waals surface area contributed by atoms with E-state index in [1.165, 1.54) is 19.1 Å². The fraction of sp³-hybridized carbons (Fsp3) is 0.357. The van der Waals surface area contributed by atoms with Gasteiger partial charge in [0.1, 0.15) is 5.00 Å². The minimum atomic E-state index is -0.183. The fourth-order valence-electron chi connectivity index (χ4n) is 4.48. The highest BCUT2D eigenvalue weighted by molar-refractivity contribution is 7.16. The number of methoxy groups -OCH3 is 2. The van der Waals surface area contributed by atoms with Gasteiger partial charge in [0.2, 0.25) is 5.75 Å². The van der Waals surface area contributed by atoms with Crippen LogP contribution in [0.1, 0.15) is 53.6 Å². The monoisotopic (exact) mass is 526 g/mol. The number of carbonyl (C=O) groups excluding carboxylic acids is 1. The maximum atomic E-state index is 13.5. The van der Waals surface area contributed by atoms with Crippen LogP contribution < -0.4 is 14.8 Å². The molecule has 2 N–H and O–H groups in total. The smallest absolute Gasteiger partial charge is 0.259 e. The topological polar surface area (TPSA) is 80.2 Å². The summed E-state index contributed by atoms with van der Waals surface area (Å²) in [5.74, 6) is 0.861. The largest absolute Gasteiger partial charge is 0.502 e. The number of halogens is 1. The lowest BCUT2D eigenvalue weighted by Gasteiger charge is -2.33. The van der Waals surface area contributed by atoms with Crippen LogP contribution in [-0.2, 0) is 12.8 Å². The normalized spacial score (nSPS) is 15.6. The molecular weight excluding hydrogens is 496 g/mol. The van der Waals surface area contributed by atoms with Crippen LogP contribution in [0.2, 0.25) is 5.02 Å². The maximum Gasteiger partial charge on any atom is 0.259 e. The number of rotatable bonds is 6. The van der Waals surface area contributed by atoms with Gasteiger partial charge in [0.25, 0.3) is 5.91 Å². The Balaban J connectivity index is 1.73. The summed E-state index contributed by atoms with van der Waals surface area (Å²) in [5.41, 5.74) is 3.25. The minimum absolute atomic E-state index is 0.0695. The Kier molecular flexibility index (Phi) is 7.62. The number of hydrogen-bond acceptors (Lipinski definition) is 6. The first kappa shape index (κ1) is 26.0. The Hall–Kier alpha value is -3.03. The van der Waals surface area contributed by atoms with E-state index in [0.717, 1.165) is 24.8 Å². The van der Waals surface area contributed by atoms with E-state index >= 15 is 0 Å². The lowest BCUT2D eigenvalue weighted by Crippen LogP contribution is -2.27. The zero-order valence-corrected chi connectivity index (χ0v) is 22.7. The van der Waals surface area contributed by atoms with Gasteiger partial charge in [-0.25, -0.2) is 4.99 Å². The van der Waals surface area contributed by atoms with E-state index in [1.807, 2.05) is 0 Å². The van der Waals surface area contributed by atoms with Crippen molar-refractivity contribution in [2.75, 3.05) is 19.5 Å². The molecule has 0 saturated heterocycles. The van der Waals surface area contributed by atoms with E-state index in [9.17, 15) is 9.90 Å². The van der Waals surface area contributed by atoms with Crippen molar-refractivity contribution in [2.24, 2.45) is 16.3 Å². The summed E-state index contributed by atoms with van der Waals surface area (Å²) < 4.78 is 10.5. The molecule has 8 heteroatoms. The fourth-order valence-corrected chi connectivity index (χ4v) is 5.88. The molecule has 1 amide bonds. The SMILES string of the molecule is COc1cc(C=Nc2sc3c(c2C(=O)Nc2ccc(Cl)cc2)CC[C@@H](C(C)(C)C)C3)cc(OC)c1O. The Labute approximate surface area is 220 Å². The first-order valence-electron chi connectivity index (χ1n) is 11.8. The quantitative estimate of drug-likeness (QED) is 0.331. The van der Waals surface area contributed by atoms with Crippen molar-refractivity contribution in [1.29, 1.82) is 0 Å². The summed E-state index contributed by atoms with van der Waals surface area (Å²) in [6.45, 7) is 6.82. The molecule has 0 spiro atoms. The number of benzene rings is 2. The molecule has 1 aliphatic rings. The van der Waals surface area contributed by atoms with Crippen LogP contribution in [0, 0.1) is 11.3 Å². The van der Waals surface area contributed by atoms with Crippen molar-refractivity contribution in [1.82, 2.24) is 0 Å². The zero-order valence-electron chi connectivity index (χ0n) is 21.1. The number of amides is 1. The Bertz CT molecular complexity index is 1270. The van der Waals surface area contributed by atoms with E-state index in [-0.39, 0.29) is 28.6 Å². The number of anilines is 1. The number of hydrogen-bond donors (Lipinski definition) is 2. The number of aliphatic imine (C=N–C) groups is 1. The third-order valence-electron chi connectivity index (χ3n) is 6.63. The third kappa shape index (κ3) is 5.52. The van der Waals surface area contributed by atoms with Crippen molar-refractivity contribution in [2.45, 2.75) is 40.0 Å². The molecule has 0 bridgehead atoms. The average molecular weight is 527 g/mol. The molecule has 0 fully saturated rings. The van der Waals surface area contributed by atoms with E-state index in [2.05, 4.69) is 26.1 Å². The first-order chi connectivity index (χ1) is 17.1. The molecule has 1 heterocycles. The Morgan fingerprint density at radius 2 is 1.81 bits per heavy atom. The highest BCUT2D eigenvalue weighted by Crippen LogP contribution is 2.45. The summed E-state index contributed by atoms with van der Waals surface area (Å²) >= 11 is 7.58. The summed E-state index contributed by atoms with van der Waals surface area (Å²) in [6.07, 6.45) is 4.47. The number of fused-ring (bicyclic) bond motifs is 1. The molecule has 0 aliphatic heterocycles. The summed E-state index contributed by atoms with van der Waals surface area (Å²) in [4.78, 5) is 19.5. The molecule has 0 unspecified atom stereocenters. The second-order valence-corrected chi connectivity index (χ2v) is 11.5. The van der Waals surface area contributed by atoms with Crippen molar-refractivity contribution >= 4 is 45.7 Å². The number of ether oxygens (including phenoxy) is 2. The predicted octanol–water partition coefficient (Wildman–Crippen LogP) is 7.28. The van der Waals surface area contributed by atoms with Crippen molar-refractivity contribution in [3.05, 3.63) is 63.0 Å². The van der Waals surface area contributed by atoms with Crippen LogP contribution >= 0.6 is 22.9 Å². The summed E-state index contributed by atoms with van der Waals surface area (Å²) in [6, 6.07) is 10.4. The van der Waals surface area contributed by atoms with E-state index in [0.29, 0.717) is 32.8 Å². The molecule has 36 heavy (non-hydrogen) atoms. The molecule has 6 nitrogen and oxygen atoms in total. The van der Waals surface area contributed by atoms with Crippen LogP contribution in [0.25, 0.3) is 0 Å². The number of nitrogens with one attached hydrogen (secondary N) is 1. The number of phenolic OH excluding ortho intramolecular Hbond substituents is 1. The van der Waals surface area contributed by atoms with Gasteiger partial charge < -0.3 is 19.9 Å². The molecule has 0 radical (unpaired) electrons. The lowest BCUT2D eigenvalue weighted by atomic mass is 9.72. The molecular formula is C28H31ClN2O4S. The highest BCUT2D eigenvalue weighted by Gasteiger charge is 2.33. The summed E-state index contributed by atoms with van der Waals surface area (Å²) in [7, 11) is 2.96. The molecule has 1 atom stereocenters. The van der Waals surface area contributed by atoms with E-state index in [4.69, 9.17) is 26.1 Å². The molecule has 3 aromatic rings. The van der Waals surface area contributed by atoms with Crippen molar-refractivity contribution < 1.29 is 19.4 Å². The Morgan fingerprint density at radius 1 is 1.17 bits per heavy atom. The molecule has 1 aromatic heterocycles. The van der Waals surface area contributed by atoms with Gasteiger partial charge in [0.05, 0.1) is 19.8 Å². The molecule has 2 aromatic carbocycles. The van der Waals surface area contributed by atoms with Gasteiger partial charge >= 0.3 is 0 Å². The predicted molar refractivity (Wildman–Crippen MR) is 147 cm³/mol. The second-order valence-electron chi connectivity index (χ2n) is 9.98. The van der Waals surface area contributed by atoms with Gasteiger partial charge in [-0.15, -0.1) is 11.3 Å². The van der Waals surface area contributed by atoms with Crippen LogP contribution in [0.5, 0.6) is 17.2 Å². The van der Waals surface area contributed by atoms with Gasteiger partial charge in [-0.3, -0.25) is 4.79 Å². The standard InChI is InChI=1S/C28H31ClN2O4S/c1-28(2,3)17-6-11-20-23(14-17)36-27(24(20)26(33)31-19-9-7-18(29)8-10-19)30-15-16-12-21(34-4)25(32)22(13-16)35-5/h7-10,12-13,15,17,32H,6,11,14H2,1-5H3,(H,31,33)/t17-/m1/s1. The van der Waals surface area contributed by atoms with E-state index < -0.39 is 0 Å².